The van der Waals surface area contributed by atoms with E-state index < -0.39 is 88.8 Å². The third-order valence-corrected chi connectivity index (χ3v) is 13.5. The number of nitrogens with zero attached hydrogens (tertiary/aromatic N) is 3. The molecule has 362 valence electrons. The molecule has 1 fully saturated rings. The van der Waals surface area contributed by atoms with Crippen molar-refractivity contribution in [1.82, 2.24) is 9.91 Å². The number of carbonyl (C=O) groups excluding carboxylic acids is 3. The number of hydrazone groups is 1. The number of aryl methyl sites for hydroxylation is 1. The average Bonchev–Trinajstić information content (AvgIpc) is 3.57. The van der Waals surface area contributed by atoms with Crippen molar-refractivity contribution in [3.8, 4) is 23.0 Å². The van der Waals surface area contributed by atoms with E-state index >= 15 is 0 Å². The number of hydrogen-bond acceptors (Lipinski definition) is 15. The molecule has 3 aromatic carbocycles. The Morgan fingerprint density at radius 2 is 1.61 bits per heavy atom. The van der Waals surface area contributed by atoms with Gasteiger partial charge in [0.1, 0.15) is 23.4 Å². The number of aromatic hydroxyl groups is 3. The van der Waals surface area contributed by atoms with E-state index in [9.17, 15) is 39.9 Å². The highest BCUT2D eigenvalue weighted by Crippen LogP contribution is 2.55. The maximum absolute atomic E-state index is 14.6. The maximum atomic E-state index is 14.6. The lowest BCUT2D eigenvalue weighted by Crippen LogP contribution is -2.46. The molecule has 3 aromatic rings. The van der Waals surface area contributed by atoms with Gasteiger partial charge in [-0.15, -0.1) is 0 Å². The summed E-state index contributed by atoms with van der Waals surface area (Å²) in [5.74, 6) is -8.38. The van der Waals surface area contributed by atoms with E-state index in [1.807, 2.05) is 23.2 Å². The number of ketones is 1. The Morgan fingerprint density at radius 1 is 0.925 bits per heavy atom. The molecule has 5 bridgehead atoms. The normalized spacial score (nSPS) is 29.6. The van der Waals surface area contributed by atoms with Crippen molar-refractivity contribution < 1.29 is 58.9 Å². The Bertz CT molecular complexity index is 2430. The number of phenols is 3. The molecule has 1 saturated heterocycles. The van der Waals surface area contributed by atoms with Gasteiger partial charge in [0.2, 0.25) is 0 Å². The molecule has 6 N–H and O–H groups in total. The minimum Gasteiger partial charge on any atom is -0.507 e. The number of rotatable bonds is 8. The van der Waals surface area contributed by atoms with Crippen LogP contribution in [0.25, 0.3) is 10.8 Å². The lowest BCUT2D eigenvalue weighted by Gasteiger charge is -2.38. The van der Waals surface area contributed by atoms with Crippen LogP contribution in [0.5, 0.6) is 23.0 Å². The number of benzene rings is 3. The molecule has 7 rings (SSSR count). The number of nitrogens with one attached hydrogen (secondary N) is 1. The van der Waals surface area contributed by atoms with Gasteiger partial charge in [-0.05, 0) is 44.9 Å². The number of aliphatic hydroxyl groups excluding tert-OH is 2. The second-order valence-corrected chi connectivity index (χ2v) is 18.2. The van der Waals surface area contributed by atoms with E-state index in [4.69, 9.17) is 18.9 Å². The van der Waals surface area contributed by atoms with Gasteiger partial charge in [-0.1, -0.05) is 76.3 Å². The van der Waals surface area contributed by atoms with Gasteiger partial charge in [-0.2, -0.15) is 5.10 Å². The van der Waals surface area contributed by atoms with Crippen LogP contribution < -0.4 is 10.1 Å². The first-order valence-corrected chi connectivity index (χ1v) is 22.9. The predicted molar refractivity (Wildman–Crippen MR) is 254 cm³/mol. The molecule has 0 saturated carbocycles. The summed E-state index contributed by atoms with van der Waals surface area (Å²) in [4.78, 5) is 43.2. The number of aliphatic hydroxyl groups is 2. The third kappa shape index (κ3) is 10.8. The molecule has 0 radical (unpaired) electrons. The van der Waals surface area contributed by atoms with Gasteiger partial charge < -0.3 is 49.8 Å². The van der Waals surface area contributed by atoms with Crippen molar-refractivity contribution in [2.75, 3.05) is 45.2 Å². The molecule has 0 aliphatic carbocycles. The van der Waals surface area contributed by atoms with Crippen LogP contribution in [0.4, 0.5) is 5.69 Å². The van der Waals surface area contributed by atoms with Crippen molar-refractivity contribution in [2.24, 2.45) is 28.8 Å². The summed E-state index contributed by atoms with van der Waals surface area (Å²) < 4.78 is 23.8. The van der Waals surface area contributed by atoms with Crippen LogP contribution in [0.1, 0.15) is 81.9 Å². The number of carbonyl (C=O) groups is 3. The van der Waals surface area contributed by atoms with Crippen LogP contribution in [0.3, 0.4) is 0 Å². The minimum atomic E-state index is -2.06. The molecule has 67 heavy (non-hydrogen) atoms. The zero-order chi connectivity index (χ0) is 48.9. The molecule has 0 spiro atoms. The van der Waals surface area contributed by atoms with Crippen LogP contribution in [0.2, 0.25) is 0 Å². The summed E-state index contributed by atoms with van der Waals surface area (Å²) in [5, 5.41) is 67.7. The largest absolute Gasteiger partial charge is 0.507 e. The minimum absolute atomic E-state index is 0.0552. The van der Waals surface area contributed by atoms with Crippen molar-refractivity contribution >= 4 is 40.3 Å². The quantitative estimate of drug-likeness (QED) is 0.0629. The van der Waals surface area contributed by atoms with Gasteiger partial charge in [-0.3, -0.25) is 24.3 Å². The topological polar surface area (TPSA) is 220 Å². The Labute approximate surface area is 392 Å². The molecule has 4 aliphatic rings. The number of hydrogen-bond donors (Lipinski definition) is 6. The fraction of sp³-hybridized carbons (Fsp3) is 0.490. The lowest BCUT2D eigenvalue weighted by molar-refractivity contribution is -0.160. The van der Waals surface area contributed by atoms with Gasteiger partial charge in [0.05, 0.1) is 53.0 Å². The van der Waals surface area contributed by atoms with Crippen LogP contribution in [-0.4, -0.2) is 129 Å². The Hall–Kier alpha value is -5.94. The van der Waals surface area contributed by atoms with E-state index in [-0.39, 0.29) is 44.5 Å². The van der Waals surface area contributed by atoms with E-state index in [0.717, 1.165) is 32.5 Å². The van der Waals surface area contributed by atoms with Crippen LogP contribution in [0, 0.1) is 30.6 Å². The molecule has 4 aliphatic heterocycles. The molecule has 16 heteroatoms. The second kappa shape index (κ2) is 21.3. The molecular weight excluding hydrogens is 861 g/mol. The van der Waals surface area contributed by atoms with Crippen LogP contribution in [0.15, 0.2) is 71.6 Å². The fourth-order valence-corrected chi connectivity index (χ4v) is 9.24. The number of ether oxygens (including phenoxy) is 4. The summed E-state index contributed by atoms with van der Waals surface area (Å²) in [5.41, 5.74) is 0.936. The maximum Gasteiger partial charge on any atom is 0.312 e. The monoisotopic (exact) mass is 926 g/mol. The molecule has 4 heterocycles. The van der Waals surface area contributed by atoms with Gasteiger partial charge in [0.15, 0.2) is 5.75 Å². The van der Waals surface area contributed by atoms with E-state index in [2.05, 4.69) is 27.5 Å². The van der Waals surface area contributed by atoms with Gasteiger partial charge in [0.25, 0.3) is 11.7 Å². The average molecular weight is 927 g/mol. The third-order valence-electron chi connectivity index (χ3n) is 13.5. The van der Waals surface area contributed by atoms with Crippen molar-refractivity contribution in [3.63, 3.8) is 0 Å². The highest BCUT2D eigenvalue weighted by atomic mass is 16.7. The molecule has 0 aromatic heterocycles. The number of amides is 1. The number of phenolic OH excluding ortho intramolecular Hbond substituents is 3. The van der Waals surface area contributed by atoms with E-state index in [1.54, 1.807) is 39.8 Å². The smallest absolute Gasteiger partial charge is 0.312 e. The Balaban J connectivity index is 1.41. The van der Waals surface area contributed by atoms with E-state index in [1.165, 1.54) is 65.0 Å². The first kappa shape index (κ1) is 50.5. The summed E-state index contributed by atoms with van der Waals surface area (Å²) in [6, 6.07) is 10.3. The Morgan fingerprint density at radius 3 is 2.27 bits per heavy atom. The second-order valence-electron chi connectivity index (χ2n) is 18.2. The Kier molecular flexibility index (Phi) is 16.1. The van der Waals surface area contributed by atoms with Crippen LogP contribution in [-0.2, 0) is 30.2 Å². The molecule has 16 nitrogen and oxygen atoms in total. The van der Waals surface area contributed by atoms with Gasteiger partial charge in [-0.25, -0.2) is 0 Å². The predicted octanol–water partition coefficient (Wildman–Crippen LogP) is 6.34. The highest BCUT2D eigenvalue weighted by molar-refractivity contribution is 6.23. The zero-order valence-electron chi connectivity index (χ0n) is 39.9. The standard InChI is InChI=1S/C51H66N4O12/c1-28-15-13-16-29(2)50(63)53-41-36(27-52-55-24-22-54(23-25-55)21-14-19-35-17-11-10-12-18-35)45(60)38-39(46(41)61)44(59)33(6)48-40(38)49(62)51(8,67-48)65-26-20-37(64-9)30(3)47(66-34(7)56)32(5)43(58)31(4)42(28)57/h10-13,15-18,20,26-28,30-32,37,42-43,47,57-61H,14,19,21-25H2,1-9H3,(H,53,63)/b15-13+,26-20+,29-16-,52-27+. The van der Waals surface area contributed by atoms with Crippen molar-refractivity contribution in [3.05, 3.63) is 88.7 Å². The van der Waals surface area contributed by atoms with Gasteiger partial charge in [0, 0.05) is 87.3 Å². The summed E-state index contributed by atoms with van der Waals surface area (Å²) >= 11 is 0. The molecular formula is C51H66N4O12. The molecule has 9 atom stereocenters. The number of esters is 1. The number of allylic oxidation sites excluding steroid dienone is 2. The van der Waals surface area contributed by atoms with Crippen LogP contribution >= 0.6 is 0 Å². The number of Topliss-reactive ketones (excluding diaryl/α,β-unsaturated/α-hetero) is 1. The molecule has 1 amide bonds. The lowest BCUT2D eigenvalue weighted by atomic mass is 9.78. The molecule has 9 unspecified atom stereocenters. The number of fused-ring (bicyclic) bond motifs is 14. The highest BCUT2D eigenvalue weighted by Gasteiger charge is 2.50. The zero-order valence-corrected chi connectivity index (χ0v) is 39.9. The van der Waals surface area contributed by atoms with Gasteiger partial charge >= 0.3 is 11.8 Å². The number of methoxy groups -OCH3 is 1. The van der Waals surface area contributed by atoms with Crippen molar-refractivity contribution in [1.29, 1.82) is 0 Å². The fourth-order valence-electron chi connectivity index (χ4n) is 9.24. The first-order valence-electron chi connectivity index (χ1n) is 22.9. The summed E-state index contributed by atoms with van der Waals surface area (Å²) in [7, 11) is 1.44. The summed E-state index contributed by atoms with van der Waals surface area (Å²) in [6.07, 6.45) is 6.87. The van der Waals surface area contributed by atoms with Crippen molar-refractivity contribution in [2.45, 2.75) is 98.4 Å². The van der Waals surface area contributed by atoms with E-state index in [0.29, 0.717) is 13.1 Å². The number of anilines is 1. The SMILES string of the molecule is COC1/C=C/OC2(C)Oc3c(C)c(O)c4c(O)c(c(/C=N/N5CCN(CCCc6ccccc6)CC5)c(O)c4c3C2=O)NC(=O)/C(C)=C\C=C\C(C)C(O)C(C)C(O)C(C)C(OC(C)=O)C1C. The number of piperazine rings is 1. The first-order chi connectivity index (χ1) is 31.8. The summed E-state index contributed by atoms with van der Waals surface area (Å²) in [6.45, 7) is 16.1.